The topological polar surface area (TPSA) is 12.0 Å². The van der Waals surface area contributed by atoms with Gasteiger partial charge in [-0.15, -0.1) is 11.8 Å². The lowest BCUT2D eigenvalue weighted by molar-refractivity contribution is 0.167. The van der Waals surface area contributed by atoms with Crippen LogP contribution < -0.4 is 5.32 Å². The van der Waals surface area contributed by atoms with Crippen molar-refractivity contribution >= 4 is 11.8 Å². The number of hydrogen-bond donors (Lipinski definition) is 1. The minimum Gasteiger partial charge on any atom is -0.316 e. The number of thioether (sulfide) groups is 1. The van der Waals surface area contributed by atoms with Crippen molar-refractivity contribution in [1.82, 2.24) is 5.32 Å². The second kappa shape index (κ2) is 6.66. The van der Waals surface area contributed by atoms with E-state index >= 15 is 0 Å². The van der Waals surface area contributed by atoms with Crippen LogP contribution in [-0.2, 0) is 0 Å². The zero-order chi connectivity index (χ0) is 15.6. The van der Waals surface area contributed by atoms with Gasteiger partial charge in [0.25, 0.3) is 0 Å². The predicted molar refractivity (Wildman–Crippen MR) is 85.6 cm³/mol. The Kier molecular flexibility index (Phi) is 5.31. The molecule has 1 nitrogen and oxygen atoms in total. The van der Waals surface area contributed by atoms with Gasteiger partial charge in [-0.25, -0.2) is 8.78 Å². The highest BCUT2D eigenvalue weighted by atomic mass is 32.2. The molecule has 21 heavy (non-hydrogen) atoms. The van der Waals surface area contributed by atoms with Crippen LogP contribution in [0.3, 0.4) is 0 Å². The molecular weight excluding hydrogens is 288 g/mol. The Hall–Kier alpha value is -0.610. The van der Waals surface area contributed by atoms with Crippen LogP contribution >= 0.6 is 11.8 Å². The lowest BCUT2D eigenvalue weighted by Crippen LogP contribution is -2.43. The van der Waals surface area contributed by atoms with Crippen LogP contribution in [0.5, 0.6) is 0 Å². The van der Waals surface area contributed by atoms with Crippen LogP contribution in [-0.4, -0.2) is 18.3 Å². The quantitative estimate of drug-likeness (QED) is 0.855. The molecule has 3 unspecified atom stereocenters. The van der Waals surface area contributed by atoms with Crippen molar-refractivity contribution in [3.8, 4) is 0 Å². The molecule has 0 amide bonds. The summed E-state index contributed by atoms with van der Waals surface area (Å²) in [4.78, 5) is 0.426. The Morgan fingerprint density at radius 1 is 1.19 bits per heavy atom. The zero-order valence-corrected chi connectivity index (χ0v) is 14.1. The van der Waals surface area contributed by atoms with Gasteiger partial charge >= 0.3 is 0 Å². The summed E-state index contributed by atoms with van der Waals surface area (Å²) in [6.45, 7) is 6.80. The van der Waals surface area contributed by atoms with Crippen molar-refractivity contribution < 1.29 is 8.78 Å². The van der Waals surface area contributed by atoms with Crippen molar-refractivity contribution in [3.63, 3.8) is 0 Å². The van der Waals surface area contributed by atoms with Gasteiger partial charge in [-0.3, -0.25) is 0 Å². The fourth-order valence-electron chi connectivity index (χ4n) is 3.11. The Morgan fingerprint density at radius 2 is 1.90 bits per heavy atom. The van der Waals surface area contributed by atoms with Crippen LogP contribution in [0.4, 0.5) is 8.78 Å². The molecule has 1 aromatic rings. The van der Waals surface area contributed by atoms with E-state index in [1.54, 1.807) is 0 Å². The van der Waals surface area contributed by atoms with Crippen LogP contribution in [0, 0.1) is 23.0 Å². The summed E-state index contributed by atoms with van der Waals surface area (Å²) in [5.74, 6) is -0.0755. The average molecular weight is 313 g/mol. The van der Waals surface area contributed by atoms with E-state index in [1.807, 2.05) is 7.05 Å². The predicted octanol–water partition coefficient (Wildman–Crippen LogP) is 4.86. The molecule has 1 aliphatic carbocycles. The second-order valence-corrected chi connectivity index (χ2v) is 8.28. The molecule has 1 saturated carbocycles. The minimum absolute atomic E-state index is 0.262. The molecule has 2 rings (SSSR count). The molecule has 1 aliphatic rings. The maximum atomic E-state index is 13.9. The third kappa shape index (κ3) is 4.19. The Morgan fingerprint density at radius 3 is 2.52 bits per heavy atom. The average Bonchev–Trinajstić information content (AvgIpc) is 2.42. The van der Waals surface area contributed by atoms with E-state index in [4.69, 9.17) is 0 Å². The second-order valence-electron chi connectivity index (χ2n) is 7.00. The summed E-state index contributed by atoms with van der Waals surface area (Å²) >= 11 is 1.48. The normalized spacial score (nSPS) is 26.9. The van der Waals surface area contributed by atoms with Gasteiger partial charge in [0.15, 0.2) is 0 Å². The highest BCUT2D eigenvalue weighted by Crippen LogP contribution is 2.43. The van der Waals surface area contributed by atoms with E-state index in [9.17, 15) is 8.78 Å². The van der Waals surface area contributed by atoms with Gasteiger partial charge in [-0.1, -0.05) is 20.8 Å². The Labute approximate surface area is 130 Å². The highest BCUT2D eigenvalue weighted by Gasteiger charge is 2.36. The molecule has 0 spiro atoms. The van der Waals surface area contributed by atoms with E-state index in [0.717, 1.165) is 12.8 Å². The molecule has 1 N–H and O–H groups in total. The third-order valence-electron chi connectivity index (χ3n) is 4.56. The summed E-state index contributed by atoms with van der Waals surface area (Å²) in [6, 6.07) is 4.06. The number of benzene rings is 1. The van der Waals surface area contributed by atoms with Crippen molar-refractivity contribution in [3.05, 3.63) is 29.8 Å². The number of halogens is 2. The van der Waals surface area contributed by atoms with Crippen molar-refractivity contribution in [2.75, 3.05) is 7.05 Å². The van der Waals surface area contributed by atoms with Crippen molar-refractivity contribution in [2.45, 2.75) is 56.2 Å². The SMILES string of the molecule is CNC1CCC(C(C)(C)C)CC1Sc1cc(F)ccc1F. The highest BCUT2D eigenvalue weighted by molar-refractivity contribution is 8.00. The monoisotopic (exact) mass is 313 g/mol. The first-order valence-corrected chi connectivity index (χ1v) is 8.48. The first-order valence-electron chi connectivity index (χ1n) is 7.60. The van der Waals surface area contributed by atoms with Gasteiger partial charge < -0.3 is 5.32 Å². The van der Waals surface area contributed by atoms with E-state index < -0.39 is 0 Å². The van der Waals surface area contributed by atoms with Gasteiger partial charge in [0.2, 0.25) is 0 Å². The number of rotatable bonds is 3. The fourth-order valence-corrected chi connectivity index (χ4v) is 4.56. The van der Waals surface area contributed by atoms with Crippen LogP contribution in [0.15, 0.2) is 23.1 Å². The van der Waals surface area contributed by atoms with Crippen LogP contribution in [0.1, 0.15) is 40.0 Å². The van der Waals surface area contributed by atoms with Crippen LogP contribution in [0.2, 0.25) is 0 Å². The molecule has 0 saturated heterocycles. The summed E-state index contributed by atoms with van der Waals surface area (Å²) in [7, 11) is 1.96. The van der Waals surface area contributed by atoms with E-state index in [1.165, 1.54) is 36.4 Å². The van der Waals surface area contributed by atoms with E-state index in [-0.39, 0.29) is 22.3 Å². The molecule has 0 bridgehead atoms. The Balaban J connectivity index is 2.16. The first kappa shape index (κ1) is 16.8. The van der Waals surface area contributed by atoms with E-state index in [0.29, 0.717) is 16.9 Å². The molecule has 0 aliphatic heterocycles. The van der Waals surface area contributed by atoms with Crippen molar-refractivity contribution in [2.24, 2.45) is 11.3 Å². The molecule has 0 aromatic heterocycles. The summed E-state index contributed by atoms with van der Waals surface area (Å²) in [5, 5.41) is 3.63. The van der Waals surface area contributed by atoms with Crippen LogP contribution in [0.25, 0.3) is 0 Å². The summed E-state index contributed by atoms with van der Waals surface area (Å²) < 4.78 is 27.2. The molecule has 3 atom stereocenters. The van der Waals surface area contributed by atoms with Gasteiger partial charge in [0, 0.05) is 16.2 Å². The lowest BCUT2D eigenvalue weighted by Gasteiger charge is -2.41. The lowest BCUT2D eigenvalue weighted by atomic mass is 9.71. The number of hydrogen-bond acceptors (Lipinski definition) is 2. The molecule has 0 heterocycles. The van der Waals surface area contributed by atoms with Crippen molar-refractivity contribution in [1.29, 1.82) is 0 Å². The third-order valence-corrected chi connectivity index (χ3v) is 5.95. The molecular formula is C17H25F2NS. The fraction of sp³-hybridized carbons (Fsp3) is 0.647. The number of nitrogens with one attached hydrogen (secondary N) is 1. The molecule has 4 heteroatoms. The maximum Gasteiger partial charge on any atom is 0.136 e. The minimum atomic E-state index is -0.372. The maximum absolute atomic E-state index is 13.9. The Bertz CT molecular complexity index is 484. The molecule has 118 valence electrons. The molecule has 1 aromatic carbocycles. The van der Waals surface area contributed by atoms with E-state index in [2.05, 4.69) is 26.1 Å². The van der Waals surface area contributed by atoms with Gasteiger partial charge in [-0.2, -0.15) is 0 Å². The van der Waals surface area contributed by atoms with Gasteiger partial charge in [0.05, 0.1) is 0 Å². The summed E-state index contributed by atoms with van der Waals surface area (Å²) in [5.41, 5.74) is 0.262. The molecule has 1 fully saturated rings. The molecule has 0 radical (unpaired) electrons. The van der Waals surface area contributed by atoms with Gasteiger partial charge in [0.1, 0.15) is 11.6 Å². The standard InChI is InChI=1S/C17H25F2NS/c1-17(2,3)11-5-8-14(20-4)16(9-11)21-15-10-12(18)6-7-13(15)19/h6-7,10-11,14,16,20H,5,8-9H2,1-4H3. The van der Waals surface area contributed by atoms with Gasteiger partial charge in [-0.05, 0) is 55.8 Å². The zero-order valence-electron chi connectivity index (χ0n) is 13.2. The largest absolute Gasteiger partial charge is 0.316 e. The first-order chi connectivity index (χ1) is 9.81. The smallest absolute Gasteiger partial charge is 0.136 e. The summed E-state index contributed by atoms with van der Waals surface area (Å²) in [6.07, 6.45) is 3.32.